The Balaban J connectivity index is 1.88. The second-order valence-electron chi connectivity index (χ2n) is 7.77. The standard InChI is InChI=1S/C21H26Cl2N4O4S/c1-3-17(27-21(29)19(23)16(22)13-24-27)20(28)25-15-9-8-14(2)18(12-15)32(30,31)26-10-6-4-5-7-11-26/h8-9,12-13,17H,3-7,10-11H2,1-2H3,(H,25,28)/t17-/m1/s1. The maximum absolute atomic E-state index is 13.3. The van der Waals surface area contributed by atoms with Crippen molar-refractivity contribution in [2.75, 3.05) is 18.4 Å². The number of amides is 1. The van der Waals surface area contributed by atoms with Crippen LogP contribution in [0.4, 0.5) is 5.69 Å². The van der Waals surface area contributed by atoms with Gasteiger partial charge in [-0.15, -0.1) is 0 Å². The molecular weight excluding hydrogens is 475 g/mol. The van der Waals surface area contributed by atoms with E-state index >= 15 is 0 Å². The van der Waals surface area contributed by atoms with Gasteiger partial charge in [-0.3, -0.25) is 9.59 Å². The zero-order valence-electron chi connectivity index (χ0n) is 18.0. The summed E-state index contributed by atoms with van der Waals surface area (Å²) in [5.74, 6) is -0.512. The lowest BCUT2D eigenvalue weighted by molar-refractivity contribution is -0.119. The molecular formula is C21H26Cl2N4O4S. The molecule has 1 amide bonds. The van der Waals surface area contributed by atoms with E-state index in [1.807, 2.05) is 0 Å². The predicted molar refractivity (Wildman–Crippen MR) is 125 cm³/mol. The Bertz CT molecular complexity index is 1160. The molecule has 1 N–H and O–H groups in total. The van der Waals surface area contributed by atoms with E-state index < -0.39 is 27.5 Å². The van der Waals surface area contributed by atoms with E-state index in [1.54, 1.807) is 26.0 Å². The molecule has 0 unspecified atom stereocenters. The number of nitrogens with one attached hydrogen (secondary N) is 1. The van der Waals surface area contributed by atoms with Crippen LogP contribution in [0.25, 0.3) is 0 Å². The van der Waals surface area contributed by atoms with Crippen LogP contribution < -0.4 is 10.9 Å². The van der Waals surface area contributed by atoms with Crippen LogP contribution >= 0.6 is 23.2 Å². The van der Waals surface area contributed by atoms with Gasteiger partial charge in [0.2, 0.25) is 15.9 Å². The summed E-state index contributed by atoms with van der Waals surface area (Å²) in [7, 11) is -3.69. The van der Waals surface area contributed by atoms with Crippen LogP contribution in [-0.2, 0) is 14.8 Å². The van der Waals surface area contributed by atoms with Crippen LogP contribution in [0.2, 0.25) is 10.0 Å². The molecule has 0 bridgehead atoms. The van der Waals surface area contributed by atoms with Crippen molar-refractivity contribution in [1.29, 1.82) is 0 Å². The number of sulfonamides is 1. The number of anilines is 1. The Hall–Kier alpha value is -1.94. The number of aromatic nitrogens is 2. The topological polar surface area (TPSA) is 101 Å². The number of hydrogen-bond acceptors (Lipinski definition) is 5. The van der Waals surface area contributed by atoms with E-state index in [0.717, 1.165) is 30.4 Å². The highest BCUT2D eigenvalue weighted by atomic mass is 35.5. The minimum absolute atomic E-state index is 0.00470. The number of hydrogen-bond donors (Lipinski definition) is 1. The minimum Gasteiger partial charge on any atom is -0.324 e. The average Bonchev–Trinajstić information content (AvgIpc) is 3.05. The Morgan fingerprint density at radius 3 is 2.47 bits per heavy atom. The van der Waals surface area contributed by atoms with Crippen molar-refractivity contribution in [1.82, 2.24) is 14.1 Å². The summed E-state index contributed by atoms with van der Waals surface area (Å²) in [5, 5.41) is 6.44. The van der Waals surface area contributed by atoms with Crippen LogP contribution in [0.3, 0.4) is 0 Å². The summed E-state index contributed by atoms with van der Waals surface area (Å²) in [5.41, 5.74) is 0.247. The quantitative estimate of drug-likeness (QED) is 0.645. The van der Waals surface area contributed by atoms with Crippen molar-refractivity contribution in [3.8, 4) is 0 Å². The normalized spacial score (nSPS) is 16.4. The molecule has 32 heavy (non-hydrogen) atoms. The number of carbonyl (C=O) groups excluding carboxylic acids is 1. The smallest absolute Gasteiger partial charge is 0.287 e. The highest BCUT2D eigenvalue weighted by molar-refractivity contribution is 7.89. The third-order valence-corrected chi connectivity index (χ3v) is 8.31. The van der Waals surface area contributed by atoms with Gasteiger partial charge in [0, 0.05) is 18.8 Å². The highest BCUT2D eigenvalue weighted by Crippen LogP contribution is 2.26. The first-order valence-electron chi connectivity index (χ1n) is 10.5. The predicted octanol–water partition coefficient (Wildman–Crippen LogP) is 4.01. The lowest BCUT2D eigenvalue weighted by Gasteiger charge is -2.22. The molecule has 2 heterocycles. The largest absolute Gasteiger partial charge is 0.324 e. The second-order valence-corrected chi connectivity index (χ2v) is 10.5. The number of benzene rings is 1. The third-order valence-electron chi connectivity index (χ3n) is 5.52. The molecule has 1 atom stereocenters. The van der Waals surface area contributed by atoms with Crippen molar-refractivity contribution in [3.63, 3.8) is 0 Å². The van der Waals surface area contributed by atoms with Gasteiger partial charge in [-0.1, -0.05) is 49.0 Å². The van der Waals surface area contributed by atoms with Gasteiger partial charge in [0.15, 0.2) is 0 Å². The molecule has 3 rings (SSSR count). The summed E-state index contributed by atoms with van der Waals surface area (Å²) < 4.78 is 29.0. The van der Waals surface area contributed by atoms with Gasteiger partial charge in [-0.05, 0) is 43.9 Å². The van der Waals surface area contributed by atoms with Gasteiger partial charge in [0.05, 0.1) is 16.1 Å². The molecule has 1 aromatic carbocycles. The molecule has 0 spiro atoms. The zero-order chi connectivity index (χ0) is 23.5. The highest BCUT2D eigenvalue weighted by Gasteiger charge is 2.28. The zero-order valence-corrected chi connectivity index (χ0v) is 20.3. The summed E-state index contributed by atoms with van der Waals surface area (Å²) in [6.07, 6.45) is 5.17. The second kappa shape index (κ2) is 10.3. The SMILES string of the molecule is CC[C@H](C(=O)Nc1ccc(C)c(S(=O)(=O)N2CCCCCC2)c1)n1ncc(Cl)c(Cl)c1=O. The maximum atomic E-state index is 13.3. The molecule has 0 saturated carbocycles. The Morgan fingerprint density at radius 1 is 1.19 bits per heavy atom. The van der Waals surface area contributed by atoms with Crippen LogP contribution in [0.15, 0.2) is 34.1 Å². The van der Waals surface area contributed by atoms with Crippen LogP contribution in [0, 0.1) is 6.92 Å². The molecule has 0 aliphatic carbocycles. The van der Waals surface area contributed by atoms with Gasteiger partial charge in [0.25, 0.3) is 5.56 Å². The van der Waals surface area contributed by atoms with E-state index in [-0.39, 0.29) is 21.4 Å². The maximum Gasteiger partial charge on any atom is 0.287 e. The fourth-order valence-electron chi connectivity index (χ4n) is 3.72. The first-order valence-corrected chi connectivity index (χ1v) is 12.7. The van der Waals surface area contributed by atoms with Crippen LogP contribution in [0.1, 0.15) is 50.6 Å². The van der Waals surface area contributed by atoms with E-state index in [4.69, 9.17) is 23.2 Å². The fraction of sp³-hybridized carbons (Fsp3) is 0.476. The van der Waals surface area contributed by atoms with Crippen molar-refractivity contribution in [2.24, 2.45) is 0 Å². The number of rotatable bonds is 6. The number of carbonyl (C=O) groups is 1. The fourth-order valence-corrected chi connectivity index (χ4v) is 5.75. The van der Waals surface area contributed by atoms with Gasteiger partial charge >= 0.3 is 0 Å². The molecule has 1 aliphatic rings. The van der Waals surface area contributed by atoms with E-state index in [2.05, 4.69) is 10.4 Å². The third kappa shape index (κ3) is 5.17. The molecule has 174 valence electrons. The molecule has 8 nitrogen and oxygen atoms in total. The summed E-state index contributed by atoms with van der Waals surface area (Å²) in [6, 6.07) is 3.81. The molecule has 1 aromatic heterocycles. The van der Waals surface area contributed by atoms with Crippen molar-refractivity contribution in [2.45, 2.75) is 56.9 Å². The monoisotopic (exact) mass is 500 g/mol. The Morgan fingerprint density at radius 2 is 1.84 bits per heavy atom. The van der Waals surface area contributed by atoms with E-state index in [0.29, 0.717) is 24.3 Å². The summed E-state index contributed by atoms with van der Waals surface area (Å²) in [4.78, 5) is 25.5. The minimum atomic E-state index is -3.69. The average molecular weight is 501 g/mol. The molecule has 0 radical (unpaired) electrons. The first kappa shape index (κ1) is 24.7. The van der Waals surface area contributed by atoms with Gasteiger partial charge in [-0.25, -0.2) is 13.1 Å². The Kier molecular flexibility index (Phi) is 7.97. The first-order chi connectivity index (χ1) is 15.2. The lowest BCUT2D eigenvalue weighted by Crippen LogP contribution is -2.35. The molecule has 1 saturated heterocycles. The van der Waals surface area contributed by atoms with Crippen molar-refractivity contribution >= 4 is 44.8 Å². The van der Waals surface area contributed by atoms with Crippen molar-refractivity contribution < 1.29 is 13.2 Å². The van der Waals surface area contributed by atoms with Gasteiger partial charge < -0.3 is 5.32 Å². The van der Waals surface area contributed by atoms with E-state index in [9.17, 15) is 18.0 Å². The van der Waals surface area contributed by atoms with Gasteiger partial charge in [-0.2, -0.15) is 9.40 Å². The summed E-state index contributed by atoms with van der Waals surface area (Å²) >= 11 is 11.7. The van der Waals surface area contributed by atoms with E-state index in [1.165, 1.54) is 16.6 Å². The number of halogens is 2. The Labute approximate surface area is 197 Å². The number of nitrogens with zero attached hydrogens (tertiary/aromatic N) is 3. The molecule has 1 fully saturated rings. The van der Waals surface area contributed by atoms with Crippen LogP contribution in [-0.4, -0.2) is 41.5 Å². The summed E-state index contributed by atoms with van der Waals surface area (Å²) in [6.45, 7) is 4.43. The molecule has 1 aliphatic heterocycles. The molecule has 2 aromatic rings. The number of aryl methyl sites for hydroxylation is 1. The van der Waals surface area contributed by atoms with Crippen LogP contribution in [0.5, 0.6) is 0 Å². The van der Waals surface area contributed by atoms with Crippen molar-refractivity contribution in [3.05, 3.63) is 50.4 Å². The molecule has 11 heteroatoms. The van der Waals surface area contributed by atoms with Gasteiger partial charge in [0.1, 0.15) is 11.1 Å². The lowest BCUT2D eigenvalue weighted by atomic mass is 10.2.